The van der Waals surface area contributed by atoms with Crippen LogP contribution in [0.25, 0.3) is 0 Å². The van der Waals surface area contributed by atoms with Crippen molar-refractivity contribution in [3.63, 3.8) is 0 Å². The highest BCUT2D eigenvalue weighted by molar-refractivity contribution is 7.98. The number of nitrogens with zero attached hydrogens (tertiary/aromatic N) is 4. The van der Waals surface area contributed by atoms with Crippen molar-refractivity contribution in [2.75, 3.05) is 0 Å². The first-order valence-electron chi connectivity index (χ1n) is 8.36. The van der Waals surface area contributed by atoms with Gasteiger partial charge in [0.25, 0.3) is 0 Å². The predicted molar refractivity (Wildman–Crippen MR) is 95.3 cm³/mol. The first kappa shape index (κ1) is 15.9. The molecular weight excluding hydrogens is 340 g/mol. The summed E-state index contributed by atoms with van der Waals surface area (Å²) in [6.07, 6.45) is 10.1. The Kier molecular flexibility index (Phi) is 4.99. The second kappa shape index (κ2) is 7.53. The fraction of sp³-hybridized carbons (Fsp3) is 0.471. The lowest BCUT2D eigenvalue weighted by Gasteiger charge is -2.18. The lowest BCUT2D eigenvalue weighted by molar-refractivity contribution is 0.442. The minimum Gasteiger partial charge on any atom is -0.467 e. The van der Waals surface area contributed by atoms with Crippen LogP contribution in [0.2, 0.25) is 0 Å². The summed E-state index contributed by atoms with van der Waals surface area (Å²) in [7, 11) is 0. The van der Waals surface area contributed by atoms with Gasteiger partial charge in [0.2, 0.25) is 0 Å². The third-order valence-electron chi connectivity index (χ3n) is 4.36. The van der Waals surface area contributed by atoms with Crippen molar-refractivity contribution in [1.29, 1.82) is 0 Å². The van der Waals surface area contributed by atoms with Gasteiger partial charge in [-0.25, -0.2) is 4.98 Å². The van der Waals surface area contributed by atoms with Gasteiger partial charge in [0.05, 0.1) is 23.5 Å². The van der Waals surface area contributed by atoms with Crippen LogP contribution >= 0.6 is 23.1 Å². The molecule has 5 nitrogen and oxygen atoms in total. The monoisotopic (exact) mass is 360 g/mol. The van der Waals surface area contributed by atoms with Gasteiger partial charge in [-0.05, 0) is 25.0 Å². The minimum absolute atomic E-state index is 0.659. The average molecular weight is 361 g/mol. The Balaban J connectivity index is 1.37. The normalized spacial score (nSPS) is 15.8. The number of thioether (sulfide) groups is 1. The fourth-order valence-electron chi connectivity index (χ4n) is 3.10. The molecule has 0 unspecified atom stereocenters. The van der Waals surface area contributed by atoms with E-state index in [2.05, 4.69) is 15.6 Å². The first-order valence-corrected chi connectivity index (χ1v) is 10.2. The molecule has 126 valence electrons. The molecule has 0 N–H and O–H groups in total. The highest BCUT2D eigenvalue weighted by Crippen LogP contribution is 2.35. The Morgan fingerprint density at radius 2 is 2.21 bits per heavy atom. The summed E-state index contributed by atoms with van der Waals surface area (Å²) in [6, 6.07) is 3.86. The van der Waals surface area contributed by atoms with Crippen molar-refractivity contribution in [1.82, 2.24) is 19.7 Å². The smallest absolute Gasteiger partial charge is 0.191 e. The zero-order valence-corrected chi connectivity index (χ0v) is 15.1. The Labute approximate surface area is 149 Å². The molecule has 1 saturated carbocycles. The second-order valence-electron chi connectivity index (χ2n) is 6.12. The Morgan fingerprint density at radius 1 is 1.29 bits per heavy atom. The highest BCUT2D eigenvalue weighted by atomic mass is 32.2. The van der Waals surface area contributed by atoms with Gasteiger partial charge in [-0.1, -0.05) is 31.0 Å². The largest absolute Gasteiger partial charge is 0.467 e. The molecule has 0 amide bonds. The first-order chi connectivity index (χ1) is 11.9. The number of rotatable bonds is 6. The molecular formula is C17H20N4OS2. The maximum atomic E-state index is 5.40. The molecule has 0 spiro atoms. The Bertz CT molecular complexity index is 759. The van der Waals surface area contributed by atoms with Crippen molar-refractivity contribution in [2.45, 2.75) is 55.5 Å². The molecule has 1 aliphatic carbocycles. The lowest BCUT2D eigenvalue weighted by Crippen LogP contribution is -2.04. The van der Waals surface area contributed by atoms with Crippen LogP contribution in [-0.4, -0.2) is 19.7 Å². The van der Waals surface area contributed by atoms with E-state index < -0.39 is 0 Å². The molecule has 3 aromatic heterocycles. The van der Waals surface area contributed by atoms with Gasteiger partial charge in [-0.3, -0.25) is 0 Å². The van der Waals surface area contributed by atoms with Crippen molar-refractivity contribution in [3.05, 3.63) is 46.6 Å². The zero-order chi connectivity index (χ0) is 16.2. The molecule has 0 atom stereocenters. The van der Waals surface area contributed by atoms with E-state index >= 15 is 0 Å². The van der Waals surface area contributed by atoms with Crippen LogP contribution in [0.4, 0.5) is 0 Å². The van der Waals surface area contributed by atoms with Crippen LogP contribution < -0.4 is 0 Å². The van der Waals surface area contributed by atoms with Crippen LogP contribution in [0.3, 0.4) is 0 Å². The Morgan fingerprint density at radius 3 is 3.04 bits per heavy atom. The summed E-state index contributed by atoms with van der Waals surface area (Å²) in [4.78, 5) is 4.86. The van der Waals surface area contributed by atoms with E-state index in [4.69, 9.17) is 9.40 Å². The number of aromatic nitrogens is 4. The molecule has 0 aromatic carbocycles. The van der Waals surface area contributed by atoms with Crippen LogP contribution in [0, 0.1) is 0 Å². The van der Waals surface area contributed by atoms with Gasteiger partial charge in [-0.2, -0.15) is 0 Å². The molecule has 1 aliphatic rings. The van der Waals surface area contributed by atoms with Gasteiger partial charge in [-0.15, -0.1) is 21.5 Å². The SMILES string of the molecule is c1coc(Cn2cnnc2SCc2csc(C3CCCCC3)n2)c1. The van der Waals surface area contributed by atoms with Crippen LogP contribution in [-0.2, 0) is 12.3 Å². The summed E-state index contributed by atoms with van der Waals surface area (Å²) in [5.74, 6) is 2.43. The molecule has 24 heavy (non-hydrogen) atoms. The summed E-state index contributed by atoms with van der Waals surface area (Å²) in [5.41, 5.74) is 1.15. The van der Waals surface area contributed by atoms with Crippen LogP contribution in [0.15, 0.2) is 39.7 Å². The van der Waals surface area contributed by atoms with Crippen molar-refractivity contribution in [3.8, 4) is 0 Å². The lowest BCUT2D eigenvalue weighted by atomic mass is 9.90. The van der Waals surface area contributed by atoms with Gasteiger partial charge in [0.1, 0.15) is 12.1 Å². The van der Waals surface area contributed by atoms with E-state index in [1.807, 2.05) is 28.0 Å². The van der Waals surface area contributed by atoms with Gasteiger partial charge in [0.15, 0.2) is 5.16 Å². The van der Waals surface area contributed by atoms with Crippen molar-refractivity contribution < 1.29 is 4.42 Å². The molecule has 0 saturated heterocycles. The topological polar surface area (TPSA) is 56.7 Å². The van der Waals surface area contributed by atoms with E-state index in [1.54, 1.807) is 24.4 Å². The quantitative estimate of drug-likeness (QED) is 0.596. The highest BCUT2D eigenvalue weighted by Gasteiger charge is 2.19. The number of furan rings is 1. The zero-order valence-electron chi connectivity index (χ0n) is 13.4. The molecule has 0 radical (unpaired) electrons. The van der Waals surface area contributed by atoms with Gasteiger partial charge >= 0.3 is 0 Å². The summed E-state index contributed by atoms with van der Waals surface area (Å²) >= 11 is 3.50. The van der Waals surface area contributed by atoms with Crippen LogP contribution in [0.5, 0.6) is 0 Å². The third-order valence-corrected chi connectivity index (χ3v) is 6.43. The molecule has 4 rings (SSSR count). The van der Waals surface area contributed by atoms with Gasteiger partial charge in [0, 0.05) is 17.1 Å². The Hall–Kier alpha value is -1.60. The van der Waals surface area contributed by atoms with E-state index in [0.717, 1.165) is 22.4 Å². The molecule has 3 heterocycles. The minimum atomic E-state index is 0.659. The standard InChI is InChI=1S/C17H20N4OS2/c1-2-5-13(6-3-1)16-19-14(10-23-16)11-24-17-20-18-12-21(17)9-15-7-4-8-22-15/h4,7-8,10,12-13H,1-3,5-6,9,11H2. The molecule has 7 heteroatoms. The molecule has 0 aliphatic heterocycles. The van der Waals surface area contributed by atoms with Gasteiger partial charge < -0.3 is 8.98 Å². The van der Waals surface area contributed by atoms with Crippen molar-refractivity contribution in [2.24, 2.45) is 0 Å². The number of hydrogen-bond acceptors (Lipinski definition) is 6. The predicted octanol–water partition coefficient (Wildman–Crippen LogP) is 4.72. The summed E-state index contributed by atoms with van der Waals surface area (Å²) < 4.78 is 7.41. The number of hydrogen-bond donors (Lipinski definition) is 0. The van der Waals surface area contributed by atoms with E-state index in [1.165, 1.54) is 37.1 Å². The van der Waals surface area contributed by atoms with E-state index in [0.29, 0.717) is 12.5 Å². The maximum absolute atomic E-state index is 5.40. The summed E-state index contributed by atoms with van der Waals surface area (Å²) in [5, 5.41) is 12.7. The number of thiazole rings is 1. The molecule has 3 aromatic rings. The second-order valence-corrected chi connectivity index (χ2v) is 7.95. The van der Waals surface area contributed by atoms with Crippen LogP contribution in [0.1, 0.15) is 54.5 Å². The average Bonchev–Trinajstić information content (AvgIpc) is 3.37. The summed E-state index contributed by atoms with van der Waals surface area (Å²) in [6.45, 7) is 0.659. The third kappa shape index (κ3) is 3.72. The van der Waals surface area contributed by atoms with E-state index in [-0.39, 0.29) is 0 Å². The van der Waals surface area contributed by atoms with Crippen molar-refractivity contribution >= 4 is 23.1 Å². The molecule has 1 fully saturated rings. The fourth-order valence-corrected chi connectivity index (χ4v) is 5.00. The molecule has 0 bridgehead atoms. The van der Waals surface area contributed by atoms with E-state index in [9.17, 15) is 0 Å². The maximum Gasteiger partial charge on any atom is 0.191 e.